The summed E-state index contributed by atoms with van der Waals surface area (Å²) in [7, 11) is 1.52. The van der Waals surface area contributed by atoms with Crippen molar-refractivity contribution in [1.82, 2.24) is 0 Å². The highest BCUT2D eigenvalue weighted by Gasteiger charge is 2.37. The molecule has 0 fully saturated rings. The Kier molecular flexibility index (Phi) is 16.6. The first kappa shape index (κ1) is 46.1. The van der Waals surface area contributed by atoms with E-state index in [4.69, 9.17) is 9.47 Å². The minimum absolute atomic E-state index is 0.0222. The van der Waals surface area contributed by atoms with Crippen LogP contribution in [-0.2, 0) is 27.2 Å². The van der Waals surface area contributed by atoms with Crippen LogP contribution in [-0.4, -0.2) is 64.4 Å². The van der Waals surface area contributed by atoms with Crippen molar-refractivity contribution >= 4 is 17.9 Å². The molecule has 0 saturated heterocycles. The summed E-state index contributed by atoms with van der Waals surface area (Å²) in [6.07, 6.45) is 15.0. The SMILES string of the molecule is C=C(C)[C@@H]1CCC(C)=C[C@H]1c1c(O)cc(CCCCC)cc1OC(=O)C[N+](C)(CC(=O)O)CC(=O)Oc1cc(CCCCC)cc(O)c1[C@@H]1C=C(C)CC[C@H]1C(=C)C. The first-order chi connectivity index (χ1) is 27.4. The zero-order valence-electron chi connectivity index (χ0n) is 36.1. The highest BCUT2D eigenvalue weighted by atomic mass is 16.5. The average molecular weight is 799 g/mol. The third kappa shape index (κ3) is 12.4. The van der Waals surface area contributed by atoms with Crippen molar-refractivity contribution < 1.29 is 43.7 Å². The molecule has 4 atom stereocenters. The van der Waals surface area contributed by atoms with E-state index in [1.807, 2.05) is 26.0 Å². The number of rotatable bonds is 20. The molecule has 316 valence electrons. The van der Waals surface area contributed by atoms with Gasteiger partial charge in [0.25, 0.3) is 0 Å². The maximum absolute atomic E-state index is 14.0. The molecule has 3 N–H and O–H groups in total. The lowest BCUT2D eigenvalue weighted by Gasteiger charge is -2.33. The van der Waals surface area contributed by atoms with E-state index in [0.29, 0.717) is 24.0 Å². The molecule has 0 amide bonds. The van der Waals surface area contributed by atoms with Crippen LogP contribution in [0.1, 0.15) is 140 Å². The second-order valence-electron chi connectivity index (χ2n) is 17.5. The van der Waals surface area contributed by atoms with Crippen LogP contribution in [0.4, 0.5) is 0 Å². The van der Waals surface area contributed by atoms with Crippen LogP contribution in [0.5, 0.6) is 23.0 Å². The molecule has 0 radical (unpaired) electrons. The predicted molar refractivity (Wildman–Crippen MR) is 230 cm³/mol. The Bertz CT molecular complexity index is 1780. The van der Waals surface area contributed by atoms with Gasteiger partial charge >= 0.3 is 17.9 Å². The Labute approximate surface area is 346 Å². The van der Waals surface area contributed by atoms with Gasteiger partial charge in [0, 0.05) is 23.0 Å². The molecule has 4 rings (SSSR count). The standard InChI is InChI=1S/C49H67NO8/c1-10-12-14-16-35-24-41(51)48(39-22-33(7)18-20-37(39)31(3)4)43(26-35)57-46(55)29-50(9,28-45(53)54)30-47(56)58-44-27-36(17-15-13-11-2)25-42(52)49(44)40-23-34(8)19-21-38(40)32(5)6/h22-27,37-40H,3,5,10-21,28-30H2,1-2,4,6-9H3,(H2-,51,52,53,54)/p+1/t37-,38-,39+,40+/m0/s1. The van der Waals surface area contributed by atoms with Gasteiger partial charge in [-0.25, -0.2) is 14.4 Å². The first-order valence-electron chi connectivity index (χ1n) is 21.3. The molecule has 9 nitrogen and oxygen atoms in total. The van der Waals surface area contributed by atoms with Crippen molar-refractivity contribution in [2.45, 2.75) is 130 Å². The molecule has 0 aromatic heterocycles. The van der Waals surface area contributed by atoms with Crippen LogP contribution in [0.2, 0.25) is 0 Å². The number of aliphatic carboxylic acids is 1. The van der Waals surface area contributed by atoms with Crippen LogP contribution < -0.4 is 9.47 Å². The number of esters is 2. The molecule has 0 bridgehead atoms. The maximum atomic E-state index is 14.0. The molecule has 9 heteroatoms. The summed E-state index contributed by atoms with van der Waals surface area (Å²) in [5, 5.41) is 33.1. The van der Waals surface area contributed by atoms with Gasteiger partial charge in [0.05, 0.1) is 7.05 Å². The van der Waals surface area contributed by atoms with Crippen molar-refractivity contribution in [2.75, 3.05) is 26.7 Å². The topological polar surface area (TPSA) is 130 Å². The van der Waals surface area contributed by atoms with Gasteiger partial charge in [-0.15, -0.1) is 0 Å². The van der Waals surface area contributed by atoms with Gasteiger partial charge in [-0.3, -0.25) is 4.48 Å². The summed E-state index contributed by atoms with van der Waals surface area (Å²) >= 11 is 0. The fourth-order valence-electron chi connectivity index (χ4n) is 8.86. The first-order valence-corrected chi connectivity index (χ1v) is 21.3. The Morgan fingerprint density at radius 2 is 1.09 bits per heavy atom. The third-order valence-corrected chi connectivity index (χ3v) is 11.9. The Balaban J connectivity index is 1.68. The van der Waals surface area contributed by atoms with E-state index >= 15 is 0 Å². The number of hydrogen-bond donors (Lipinski definition) is 3. The van der Waals surface area contributed by atoms with E-state index in [2.05, 4.69) is 53.0 Å². The number of aromatic hydroxyl groups is 2. The zero-order chi connectivity index (χ0) is 42.7. The summed E-state index contributed by atoms with van der Waals surface area (Å²) in [6, 6.07) is 7.13. The molecule has 0 heterocycles. The largest absolute Gasteiger partial charge is 0.507 e. The quantitative estimate of drug-likeness (QED) is 0.0397. The number of carbonyl (C=O) groups is 3. The Hall–Kier alpha value is -4.63. The van der Waals surface area contributed by atoms with E-state index in [0.717, 1.165) is 86.5 Å². The molecule has 0 spiro atoms. The van der Waals surface area contributed by atoms with Crippen LogP contribution in [0.25, 0.3) is 0 Å². The Morgan fingerprint density at radius 1 is 0.690 bits per heavy atom. The van der Waals surface area contributed by atoms with E-state index in [1.54, 1.807) is 12.1 Å². The number of phenols is 2. The van der Waals surface area contributed by atoms with Crippen LogP contribution >= 0.6 is 0 Å². The van der Waals surface area contributed by atoms with E-state index in [1.165, 1.54) is 18.2 Å². The lowest BCUT2D eigenvalue weighted by molar-refractivity contribution is -0.888. The van der Waals surface area contributed by atoms with Crippen molar-refractivity contribution in [3.8, 4) is 23.0 Å². The zero-order valence-corrected chi connectivity index (χ0v) is 36.1. The predicted octanol–water partition coefficient (Wildman–Crippen LogP) is 10.6. The van der Waals surface area contributed by atoms with Crippen molar-refractivity contribution in [3.05, 3.63) is 94.1 Å². The van der Waals surface area contributed by atoms with Crippen molar-refractivity contribution in [2.24, 2.45) is 11.8 Å². The number of carboxylic acid groups (broad SMARTS) is 1. The van der Waals surface area contributed by atoms with Gasteiger partial charge in [0.1, 0.15) is 23.0 Å². The van der Waals surface area contributed by atoms with Crippen molar-refractivity contribution in [3.63, 3.8) is 0 Å². The van der Waals surface area contributed by atoms with Gasteiger partial charge < -0.3 is 24.8 Å². The number of quaternary nitrogens is 1. The van der Waals surface area contributed by atoms with Crippen molar-refractivity contribution in [1.29, 1.82) is 0 Å². The van der Waals surface area contributed by atoms with E-state index < -0.39 is 42.0 Å². The molecule has 0 saturated carbocycles. The normalized spacial score (nSPS) is 19.5. The molecule has 0 unspecified atom stereocenters. The number of likely N-dealkylation sites (N-methyl/N-ethyl adjacent to an activating group) is 1. The summed E-state index contributed by atoms with van der Waals surface area (Å²) in [6.45, 7) is 19.3. The fourth-order valence-corrected chi connectivity index (χ4v) is 8.86. The molecule has 2 aliphatic carbocycles. The lowest BCUT2D eigenvalue weighted by atomic mass is 9.73. The van der Waals surface area contributed by atoms with E-state index in [-0.39, 0.29) is 46.7 Å². The second kappa shape index (κ2) is 20.9. The highest BCUT2D eigenvalue weighted by Crippen LogP contribution is 2.48. The van der Waals surface area contributed by atoms with Crippen LogP contribution in [0, 0.1) is 11.8 Å². The number of unbranched alkanes of at least 4 members (excludes halogenated alkanes) is 4. The number of aryl methyl sites for hydroxylation is 2. The van der Waals surface area contributed by atoms with Gasteiger partial charge in [0.2, 0.25) is 0 Å². The minimum atomic E-state index is -1.20. The number of ether oxygens (including phenoxy) is 2. The Morgan fingerprint density at radius 3 is 1.43 bits per heavy atom. The second-order valence-corrected chi connectivity index (χ2v) is 17.5. The molecular formula is C49H68NO8+. The maximum Gasteiger partial charge on any atom is 0.367 e. The molecule has 2 aliphatic rings. The molecule has 58 heavy (non-hydrogen) atoms. The summed E-state index contributed by atoms with van der Waals surface area (Å²) in [5.41, 5.74) is 6.94. The van der Waals surface area contributed by atoms with Crippen LogP contribution in [0.3, 0.4) is 0 Å². The summed E-state index contributed by atoms with van der Waals surface area (Å²) in [4.78, 5) is 40.3. The number of phenolic OH excluding ortho intramolecular Hbond substituents is 2. The van der Waals surface area contributed by atoms with E-state index in [9.17, 15) is 29.7 Å². The molecule has 2 aromatic rings. The van der Waals surface area contributed by atoms with Gasteiger partial charge in [-0.2, -0.15) is 0 Å². The number of carbonyl (C=O) groups excluding carboxylic acids is 2. The minimum Gasteiger partial charge on any atom is -0.507 e. The summed E-state index contributed by atoms with van der Waals surface area (Å²) in [5.74, 6) is -2.65. The average Bonchev–Trinajstić information content (AvgIpc) is 3.10. The number of nitrogens with zero attached hydrogens (tertiary/aromatic N) is 1. The number of hydrogen-bond acceptors (Lipinski definition) is 7. The summed E-state index contributed by atoms with van der Waals surface area (Å²) < 4.78 is 11.7. The monoisotopic (exact) mass is 798 g/mol. The number of allylic oxidation sites excluding steroid dienone is 6. The van der Waals surface area contributed by atoms with Gasteiger partial charge in [-0.1, -0.05) is 87.1 Å². The third-order valence-electron chi connectivity index (χ3n) is 11.9. The number of carboxylic acids is 1. The van der Waals surface area contributed by atoms with Gasteiger partial charge in [0.15, 0.2) is 19.6 Å². The smallest absolute Gasteiger partial charge is 0.367 e. The number of benzene rings is 2. The molecule has 2 aromatic carbocycles. The lowest BCUT2D eigenvalue weighted by Crippen LogP contribution is -2.55. The van der Waals surface area contributed by atoms with Gasteiger partial charge in [-0.05, 0) is 126 Å². The molecular weight excluding hydrogens is 731 g/mol. The van der Waals surface area contributed by atoms with Crippen LogP contribution in [0.15, 0.2) is 71.9 Å². The fraction of sp³-hybridized carbons (Fsp3) is 0.531. The highest BCUT2D eigenvalue weighted by molar-refractivity contribution is 5.78. The molecule has 0 aliphatic heterocycles.